The predicted molar refractivity (Wildman–Crippen MR) is 87.9 cm³/mol. The summed E-state index contributed by atoms with van der Waals surface area (Å²) in [5, 5.41) is 0. The van der Waals surface area contributed by atoms with Crippen molar-refractivity contribution >= 4 is 43.4 Å². The Bertz CT molecular complexity index is 730. The van der Waals surface area contributed by atoms with Crippen molar-refractivity contribution in [1.82, 2.24) is 0 Å². The molecule has 2 rings (SSSR count). The number of nitrogens with one attached hydrogen (secondary N) is 1. The van der Waals surface area contributed by atoms with Gasteiger partial charge in [0.2, 0.25) is 0 Å². The summed E-state index contributed by atoms with van der Waals surface area (Å²) in [5.74, 6) is 0. The van der Waals surface area contributed by atoms with E-state index < -0.39 is 10.0 Å². The van der Waals surface area contributed by atoms with Gasteiger partial charge in [-0.05, 0) is 65.0 Å². The van der Waals surface area contributed by atoms with E-state index in [1.165, 1.54) is 0 Å². The fraction of sp³-hybridized carbons (Fsp3) is 0.143. The number of rotatable bonds is 4. The van der Waals surface area contributed by atoms with Crippen LogP contribution in [0.1, 0.15) is 5.56 Å². The van der Waals surface area contributed by atoms with E-state index >= 15 is 0 Å². The Morgan fingerprint density at radius 2 is 1.90 bits per heavy atom. The Labute approximate surface area is 132 Å². The number of halogens is 1. The molecule has 0 atom stereocenters. The van der Waals surface area contributed by atoms with Crippen LogP contribution in [0.5, 0.6) is 0 Å². The van der Waals surface area contributed by atoms with Gasteiger partial charge in [0.15, 0.2) is 0 Å². The molecular formula is C14H14BrNO2S2. The summed E-state index contributed by atoms with van der Waals surface area (Å²) in [5.41, 5.74) is 1.56. The topological polar surface area (TPSA) is 46.2 Å². The fourth-order valence-corrected chi connectivity index (χ4v) is 4.42. The molecule has 0 aliphatic rings. The summed E-state index contributed by atoms with van der Waals surface area (Å²) in [6, 6.07) is 12.5. The molecule has 0 heterocycles. The number of thioether (sulfide) groups is 1. The zero-order valence-electron chi connectivity index (χ0n) is 11.1. The first-order valence-corrected chi connectivity index (χ1v) is 9.35. The van der Waals surface area contributed by atoms with Gasteiger partial charge in [-0.3, -0.25) is 4.72 Å². The molecule has 0 amide bonds. The van der Waals surface area contributed by atoms with Gasteiger partial charge in [-0.25, -0.2) is 8.42 Å². The van der Waals surface area contributed by atoms with Crippen molar-refractivity contribution in [2.24, 2.45) is 0 Å². The lowest BCUT2D eigenvalue weighted by molar-refractivity contribution is 0.600. The third-order valence-corrected chi connectivity index (χ3v) is 5.78. The monoisotopic (exact) mass is 371 g/mol. The Hall–Kier alpha value is -0.980. The minimum atomic E-state index is -3.59. The molecule has 0 saturated carbocycles. The van der Waals surface area contributed by atoms with Crippen LogP contribution in [0.4, 0.5) is 5.69 Å². The summed E-state index contributed by atoms with van der Waals surface area (Å²) in [6.45, 7) is 1.91. The molecule has 0 radical (unpaired) electrons. The van der Waals surface area contributed by atoms with Crippen LogP contribution in [0.25, 0.3) is 0 Å². The number of benzene rings is 2. The Morgan fingerprint density at radius 3 is 2.55 bits per heavy atom. The number of aryl methyl sites for hydroxylation is 1. The van der Waals surface area contributed by atoms with Crippen LogP contribution < -0.4 is 4.72 Å². The predicted octanol–water partition coefficient (Wildman–Crippen LogP) is 4.28. The maximum atomic E-state index is 12.4. The standard InChI is InChI=1S/C14H14BrNO2S2/c1-10-6-7-14(13(15)8-10)20(17,18)16-11-4-3-5-12(9-11)19-2/h3-9,16H,1-2H3. The van der Waals surface area contributed by atoms with E-state index in [-0.39, 0.29) is 4.90 Å². The Morgan fingerprint density at radius 1 is 1.15 bits per heavy atom. The second-order valence-electron chi connectivity index (χ2n) is 4.27. The maximum absolute atomic E-state index is 12.4. The molecule has 20 heavy (non-hydrogen) atoms. The van der Waals surface area contributed by atoms with Gasteiger partial charge in [0, 0.05) is 15.1 Å². The van der Waals surface area contributed by atoms with Crippen LogP contribution in [0.15, 0.2) is 56.7 Å². The van der Waals surface area contributed by atoms with Crippen molar-refractivity contribution in [1.29, 1.82) is 0 Å². The van der Waals surface area contributed by atoms with Crippen LogP contribution in [0.2, 0.25) is 0 Å². The molecule has 0 aliphatic carbocycles. The summed E-state index contributed by atoms with van der Waals surface area (Å²) in [7, 11) is -3.59. The molecule has 6 heteroatoms. The normalized spacial score (nSPS) is 11.3. The van der Waals surface area contributed by atoms with E-state index in [4.69, 9.17) is 0 Å². The second kappa shape index (κ2) is 6.20. The van der Waals surface area contributed by atoms with Crippen molar-refractivity contribution in [2.75, 3.05) is 11.0 Å². The van der Waals surface area contributed by atoms with Gasteiger partial charge < -0.3 is 0 Å². The average molecular weight is 372 g/mol. The molecule has 0 aliphatic heterocycles. The van der Waals surface area contributed by atoms with Crippen molar-refractivity contribution in [3.63, 3.8) is 0 Å². The lowest BCUT2D eigenvalue weighted by atomic mass is 10.2. The molecule has 0 bridgehead atoms. The Balaban J connectivity index is 2.35. The van der Waals surface area contributed by atoms with E-state index in [0.717, 1.165) is 10.5 Å². The smallest absolute Gasteiger partial charge is 0.263 e. The highest BCUT2D eigenvalue weighted by Crippen LogP contribution is 2.26. The van der Waals surface area contributed by atoms with Crippen molar-refractivity contribution < 1.29 is 8.42 Å². The number of anilines is 1. The highest BCUT2D eigenvalue weighted by Gasteiger charge is 2.17. The van der Waals surface area contributed by atoms with E-state index in [0.29, 0.717) is 10.2 Å². The lowest BCUT2D eigenvalue weighted by Gasteiger charge is -2.10. The first-order chi connectivity index (χ1) is 9.42. The van der Waals surface area contributed by atoms with Crippen LogP contribution >= 0.6 is 27.7 Å². The highest BCUT2D eigenvalue weighted by atomic mass is 79.9. The van der Waals surface area contributed by atoms with Gasteiger partial charge in [-0.15, -0.1) is 11.8 Å². The zero-order valence-corrected chi connectivity index (χ0v) is 14.3. The molecule has 1 N–H and O–H groups in total. The molecule has 0 unspecified atom stereocenters. The molecule has 3 nitrogen and oxygen atoms in total. The van der Waals surface area contributed by atoms with E-state index in [1.54, 1.807) is 36.0 Å². The largest absolute Gasteiger partial charge is 0.280 e. The third-order valence-electron chi connectivity index (χ3n) is 2.70. The van der Waals surface area contributed by atoms with E-state index in [9.17, 15) is 8.42 Å². The van der Waals surface area contributed by atoms with Gasteiger partial charge in [0.25, 0.3) is 10.0 Å². The van der Waals surface area contributed by atoms with Gasteiger partial charge >= 0.3 is 0 Å². The average Bonchev–Trinajstić information content (AvgIpc) is 2.37. The molecule has 2 aromatic carbocycles. The molecule has 0 aromatic heterocycles. The van der Waals surface area contributed by atoms with Crippen molar-refractivity contribution in [3.8, 4) is 0 Å². The first-order valence-electron chi connectivity index (χ1n) is 5.85. The third kappa shape index (κ3) is 3.56. The Kier molecular flexibility index (Phi) is 4.78. The highest BCUT2D eigenvalue weighted by molar-refractivity contribution is 9.10. The minimum absolute atomic E-state index is 0.234. The van der Waals surface area contributed by atoms with E-state index in [1.807, 2.05) is 31.4 Å². The van der Waals surface area contributed by atoms with Gasteiger partial charge in [-0.2, -0.15) is 0 Å². The first kappa shape index (κ1) is 15.4. The molecule has 2 aromatic rings. The number of hydrogen-bond donors (Lipinski definition) is 1. The summed E-state index contributed by atoms with van der Waals surface area (Å²) in [4.78, 5) is 1.24. The second-order valence-corrected chi connectivity index (χ2v) is 7.66. The van der Waals surface area contributed by atoms with Gasteiger partial charge in [0.05, 0.1) is 0 Å². The van der Waals surface area contributed by atoms with Crippen molar-refractivity contribution in [2.45, 2.75) is 16.7 Å². The van der Waals surface area contributed by atoms with Crippen LogP contribution in [-0.4, -0.2) is 14.7 Å². The van der Waals surface area contributed by atoms with Crippen LogP contribution in [-0.2, 0) is 10.0 Å². The van der Waals surface area contributed by atoms with E-state index in [2.05, 4.69) is 20.7 Å². The molecule has 106 valence electrons. The maximum Gasteiger partial charge on any atom is 0.263 e. The minimum Gasteiger partial charge on any atom is -0.280 e. The number of sulfonamides is 1. The molecule has 0 spiro atoms. The molecule has 0 fully saturated rings. The lowest BCUT2D eigenvalue weighted by Crippen LogP contribution is -2.13. The molecule has 0 saturated heterocycles. The summed E-state index contributed by atoms with van der Waals surface area (Å²) in [6.07, 6.45) is 1.95. The van der Waals surface area contributed by atoms with Crippen LogP contribution in [0.3, 0.4) is 0 Å². The van der Waals surface area contributed by atoms with Gasteiger partial charge in [0.1, 0.15) is 4.90 Å². The van der Waals surface area contributed by atoms with Crippen LogP contribution in [0, 0.1) is 6.92 Å². The van der Waals surface area contributed by atoms with Crippen molar-refractivity contribution in [3.05, 3.63) is 52.5 Å². The SMILES string of the molecule is CSc1cccc(NS(=O)(=O)c2ccc(C)cc2Br)c1. The fourth-order valence-electron chi connectivity index (χ4n) is 1.72. The summed E-state index contributed by atoms with van der Waals surface area (Å²) >= 11 is 4.87. The number of hydrogen-bond acceptors (Lipinski definition) is 3. The quantitative estimate of drug-likeness (QED) is 0.815. The zero-order chi connectivity index (χ0) is 14.8. The van der Waals surface area contributed by atoms with Gasteiger partial charge in [-0.1, -0.05) is 12.1 Å². The summed E-state index contributed by atoms with van der Waals surface area (Å²) < 4.78 is 27.9. The molecular weight excluding hydrogens is 358 g/mol.